The lowest BCUT2D eigenvalue weighted by Gasteiger charge is -2.27. The van der Waals surface area contributed by atoms with Gasteiger partial charge >= 0.3 is 0 Å². The van der Waals surface area contributed by atoms with Crippen LogP contribution < -0.4 is 10.6 Å². The molecule has 0 bridgehead atoms. The average molecular weight is 208 g/mol. The molecule has 4 heteroatoms. The first-order valence-electron chi connectivity index (χ1n) is 5.17. The Morgan fingerprint density at radius 1 is 1.33 bits per heavy atom. The Balaban J connectivity index is 2.16. The second-order valence-corrected chi connectivity index (χ2v) is 4.04. The van der Waals surface area contributed by atoms with Crippen molar-refractivity contribution in [2.75, 3.05) is 13.1 Å². The van der Waals surface area contributed by atoms with Crippen molar-refractivity contribution in [1.82, 2.24) is 10.6 Å². The number of furan rings is 1. The second kappa shape index (κ2) is 3.70. The molecule has 0 saturated carbocycles. The van der Waals surface area contributed by atoms with Crippen LogP contribution in [0.25, 0.3) is 0 Å². The quantitative estimate of drug-likeness (QED) is 0.759. The number of rotatable bonds is 2. The predicted octanol–water partition coefficient (Wildman–Crippen LogP) is 0.906. The monoisotopic (exact) mass is 208 g/mol. The highest BCUT2D eigenvalue weighted by molar-refractivity contribution is 5.97. The number of nitrogens with one attached hydrogen (secondary N) is 2. The van der Waals surface area contributed by atoms with Crippen LogP contribution in [0.3, 0.4) is 0 Å². The number of carbonyl (C=O) groups is 1. The van der Waals surface area contributed by atoms with Crippen molar-refractivity contribution < 1.29 is 9.21 Å². The van der Waals surface area contributed by atoms with Crippen molar-refractivity contribution in [1.29, 1.82) is 0 Å². The van der Waals surface area contributed by atoms with Crippen LogP contribution in [0.15, 0.2) is 4.42 Å². The molecule has 2 heterocycles. The van der Waals surface area contributed by atoms with Gasteiger partial charge < -0.3 is 15.1 Å². The van der Waals surface area contributed by atoms with Gasteiger partial charge in [-0.3, -0.25) is 4.79 Å². The van der Waals surface area contributed by atoms with Gasteiger partial charge in [0.25, 0.3) is 5.91 Å². The fourth-order valence-electron chi connectivity index (χ4n) is 1.78. The van der Waals surface area contributed by atoms with Gasteiger partial charge in [-0.15, -0.1) is 0 Å². The standard InChI is InChI=1S/C11H16N2O2/c1-6-7(2)15-8(3)10(6)11(14)13-9-4-12-5-9/h9,12H,4-5H2,1-3H3,(H,13,14). The number of amides is 1. The van der Waals surface area contributed by atoms with Gasteiger partial charge in [-0.1, -0.05) is 0 Å². The Hall–Kier alpha value is -1.29. The average Bonchev–Trinajstić information content (AvgIpc) is 2.34. The van der Waals surface area contributed by atoms with Crippen LogP contribution in [0.1, 0.15) is 27.4 Å². The van der Waals surface area contributed by atoms with Crippen LogP contribution in [-0.2, 0) is 0 Å². The van der Waals surface area contributed by atoms with E-state index in [2.05, 4.69) is 10.6 Å². The van der Waals surface area contributed by atoms with E-state index in [1.54, 1.807) is 0 Å². The van der Waals surface area contributed by atoms with E-state index >= 15 is 0 Å². The molecule has 1 amide bonds. The fraction of sp³-hybridized carbons (Fsp3) is 0.545. The van der Waals surface area contributed by atoms with Gasteiger partial charge in [0, 0.05) is 18.7 Å². The highest BCUT2D eigenvalue weighted by Gasteiger charge is 2.23. The van der Waals surface area contributed by atoms with Crippen LogP contribution in [0.4, 0.5) is 0 Å². The van der Waals surface area contributed by atoms with Gasteiger partial charge in [0.2, 0.25) is 0 Å². The van der Waals surface area contributed by atoms with Crippen molar-refractivity contribution in [3.8, 4) is 0 Å². The summed E-state index contributed by atoms with van der Waals surface area (Å²) in [6.45, 7) is 7.35. The molecule has 1 fully saturated rings. The third-order valence-electron chi connectivity index (χ3n) is 2.91. The molecule has 4 nitrogen and oxygen atoms in total. The van der Waals surface area contributed by atoms with Crippen molar-refractivity contribution in [3.05, 3.63) is 22.6 Å². The van der Waals surface area contributed by atoms with Gasteiger partial charge in [0.1, 0.15) is 11.5 Å². The van der Waals surface area contributed by atoms with Crippen LogP contribution in [-0.4, -0.2) is 25.0 Å². The van der Waals surface area contributed by atoms with Gasteiger partial charge in [0.15, 0.2) is 0 Å². The van der Waals surface area contributed by atoms with Crippen LogP contribution in [0.5, 0.6) is 0 Å². The topological polar surface area (TPSA) is 54.3 Å². The molecule has 1 saturated heterocycles. The normalized spacial score (nSPS) is 16.2. The van der Waals surface area contributed by atoms with Crippen LogP contribution in [0.2, 0.25) is 0 Å². The van der Waals surface area contributed by atoms with Crippen LogP contribution in [0, 0.1) is 20.8 Å². The van der Waals surface area contributed by atoms with Crippen molar-refractivity contribution >= 4 is 5.91 Å². The molecule has 1 aliphatic heterocycles. The first-order valence-corrected chi connectivity index (χ1v) is 5.17. The summed E-state index contributed by atoms with van der Waals surface area (Å²) in [7, 11) is 0. The Morgan fingerprint density at radius 2 is 2.00 bits per heavy atom. The molecule has 0 unspecified atom stereocenters. The summed E-state index contributed by atoms with van der Waals surface area (Å²) in [6, 6.07) is 0.270. The van der Waals surface area contributed by atoms with Gasteiger partial charge in [-0.05, 0) is 20.8 Å². The first kappa shape index (κ1) is 10.2. The first-order chi connectivity index (χ1) is 7.09. The zero-order chi connectivity index (χ0) is 11.0. The molecule has 0 aliphatic carbocycles. The molecule has 0 aromatic carbocycles. The lowest BCUT2D eigenvalue weighted by atomic mass is 10.1. The zero-order valence-electron chi connectivity index (χ0n) is 9.31. The molecule has 2 N–H and O–H groups in total. The summed E-state index contributed by atoms with van der Waals surface area (Å²) in [6.07, 6.45) is 0. The minimum Gasteiger partial charge on any atom is -0.466 e. The van der Waals surface area contributed by atoms with E-state index in [9.17, 15) is 4.79 Å². The molecule has 82 valence electrons. The van der Waals surface area contributed by atoms with Gasteiger partial charge in [-0.2, -0.15) is 0 Å². The van der Waals surface area contributed by atoms with E-state index in [1.807, 2.05) is 20.8 Å². The van der Waals surface area contributed by atoms with Crippen molar-refractivity contribution in [3.63, 3.8) is 0 Å². The van der Waals surface area contributed by atoms with E-state index < -0.39 is 0 Å². The van der Waals surface area contributed by atoms with Crippen LogP contribution >= 0.6 is 0 Å². The molecule has 1 aromatic heterocycles. The highest BCUT2D eigenvalue weighted by Crippen LogP contribution is 2.20. The third kappa shape index (κ3) is 1.77. The molecule has 1 aliphatic rings. The molecular formula is C11H16N2O2. The predicted molar refractivity (Wildman–Crippen MR) is 57.0 cm³/mol. The Labute approximate surface area is 89.0 Å². The number of hydrogen-bond acceptors (Lipinski definition) is 3. The summed E-state index contributed by atoms with van der Waals surface area (Å²) < 4.78 is 5.42. The lowest BCUT2D eigenvalue weighted by molar-refractivity contribution is 0.0922. The molecule has 1 aromatic rings. The van der Waals surface area contributed by atoms with Gasteiger partial charge in [0.05, 0.1) is 11.6 Å². The highest BCUT2D eigenvalue weighted by atomic mass is 16.3. The lowest BCUT2D eigenvalue weighted by Crippen LogP contribution is -2.57. The fourth-order valence-corrected chi connectivity index (χ4v) is 1.78. The molecule has 0 spiro atoms. The minimum atomic E-state index is -0.0200. The molecule has 15 heavy (non-hydrogen) atoms. The van der Waals surface area contributed by atoms with Gasteiger partial charge in [-0.25, -0.2) is 0 Å². The molecule has 2 rings (SSSR count). The maximum atomic E-state index is 11.9. The van der Waals surface area contributed by atoms with E-state index in [0.717, 1.165) is 24.4 Å². The van der Waals surface area contributed by atoms with Crippen molar-refractivity contribution in [2.24, 2.45) is 0 Å². The summed E-state index contributed by atoms with van der Waals surface area (Å²) in [4.78, 5) is 11.9. The number of aryl methyl sites for hydroxylation is 2. The summed E-state index contributed by atoms with van der Waals surface area (Å²) >= 11 is 0. The van der Waals surface area contributed by atoms with E-state index in [1.165, 1.54) is 0 Å². The van der Waals surface area contributed by atoms with Crippen molar-refractivity contribution in [2.45, 2.75) is 26.8 Å². The van der Waals surface area contributed by atoms with E-state index in [0.29, 0.717) is 11.3 Å². The maximum Gasteiger partial charge on any atom is 0.255 e. The third-order valence-corrected chi connectivity index (χ3v) is 2.91. The van der Waals surface area contributed by atoms with E-state index in [4.69, 9.17) is 4.42 Å². The summed E-state index contributed by atoms with van der Waals surface area (Å²) in [5.41, 5.74) is 1.64. The molecule has 0 atom stereocenters. The summed E-state index contributed by atoms with van der Waals surface area (Å²) in [5, 5.41) is 6.08. The Bertz CT molecular complexity index is 392. The maximum absolute atomic E-state index is 11.9. The Morgan fingerprint density at radius 3 is 2.40 bits per heavy atom. The Kier molecular flexibility index (Phi) is 2.52. The minimum absolute atomic E-state index is 0.0200. The molecular weight excluding hydrogens is 192 g/mol. The van der Waals surface area contributed by atoms with E-state index in [-0.39, 0.29) is 11.9 Å². The summed E-state index contributed by atoms with van der Waals surface area (Å²) in [5.74, 6) is 1.51. The second-order valence-electron chi connectivity index (χ2n) is 4.04. The zero-order valence-corrected chi connectivity index (χ0v) is 9.31. The number of carbonyl (C=O) groups excluding carboxylic acids is 1. The smallest absolute Gasteiger partial charge is 0.255 e. The number of hydrogen-bond donors (Lipinski definition) is 2. The molecule has 0 radical (unpaired) electrons. The largest absolute Gasteiger partial charge is 0.466 e. The SMILES string of the molecule is Cc1oc(C)c(C(=O)NC2CNC2)c1C.